The van der Waals surface area contributed by atoms with E-state index in [9.17, 15) is 0 Å². The third-order valence-corrected chi connectivity index (χ3v) is 5.16. The lowest BCUT2D eigenvalue weighted by Crippen LogP contribution is -1.98. The van der Waals surface area contributed by atoms with Crippen LogP contribution in [0.2, 0.25) is 5.02 Å². The van der Waals surface area contributed by atoms with E-state index in [4.69, 9.17) is 16.3 Å². The van der Waals surface area contributed by atoms with E-state index in [2.05, 4.69) is 37.9 Å². The lowest BCUT2D eigenvalue weighted by Gasteiger charge is -2.16. The van der Waals surface area contributed by atoms with Gasteiger partial charge >= 0.3 is 0 Å². The van der Waals surface area contributed by atoms with Crippen LogP contribution in [0.5, 0.6) is 5.75 Å². The molecule has 0 bridgehead atoms. The third-order valence-electron chi connectivity index (χ3n) is 3.23. The maximum absolute atomic E-state index is 6.21. The topological polar surface area (TPSA) is 9.23 Å². The predicted molar refractivity (Wildman–Crippen MR) is 85.6 cm³/mol. The van der Waals surface area contributed by atoms with Gasteiger partial charge in [0.2, 0.25) is 0 Å². The van der Waals surface area contributed by atoms with Crippen LogP contribution in [0.3, 0.4) is 0 Å². The number of ether oxygens (including phenoxy) is 1. The van der Waals surface area contributed by atoms with Crippen LogP contribution in [-0.4, -0.2) is 6.61 Å². The van der Waals surface area contributed by atoms with Crippen LogP contribution >= 0.6 is 43.5 Å². The Bertz CT molecular complexity index is 628. The number of hydrogen-bond acceptors (Lipinski definition) is 1. The van der Waals surface area contributed by atoms with E-state index in [1.807, 2.05) is 30.3 Å². The Morgan fingerprint density at radius 2 is 1.95 bits per heavy atom. The summed E-state index contributed by atoms with van der Waals surface area (Å²) >= 11 is 13.6. The fraction of sp³-hybridized carbons (Fsp3) is 0.200. The first-order chi connectivity index (χ1) is 9.16. The molecule has 0 aromatic heterocycles. The molecule has 0 aliphatic carbocycles. The second kappa shape index (κ2) is 5.47. The van der Waals surface area contributed by atoms with Crippen LogP contribution in [-0.2, 0) is 6.42 Å². The van der Waals surface area contributed by atoms with Crippen molar-refractivity contribution in [3.63, 3.8) is 0 Å². The van der Waals surface area contributed by atoms with Crippen molar-refractivity contribution in [2.45, 2.75) is 11.2 Å². The maximum Gasteiger partial charge on any atom is 0.127 e. The molecule has 0 saturated heterocycles. The monoisotopic (exact) mass is 400 g/mol. The minimum absolute atomic E-state index is 0.0635. The highest BCUT2D eigenvalue weighted by Gasteiger charge is 2.23. The molecule has 0 N–H and O–H groups in total. The van der Waals surface area contributed by atoms with Gasteiger partial charge in [-0.2, -0.15) is 0 Å². The van der Waals surface area contributed by atoms with E-state index in [-0.39, 0.29) is 4.83 Å². The highest BCUT2D eigenvalue weighted by molar-refractivity contribution is 9.11. The molecule has 0 fully saturated rings. The minimum atomic E-state index is 0.0635. The zero-order chi connectivity index (χ0) is 13.4. The zero-order valence-corrected chi connectivity index (χ0v) is 13.9. The normalized spacial score (nSPS) is 14.9. The molecular weight excluding hydrogens is 391 g/mol. The van der Waals surface area contributed by atoms with Gasteiger partial charge in [0, 0.05) is 21.5 Å². The van der Waals surface area contributed by atoms with Gasteiger partial charge in [-0.05, 0) is 29.3 Å². The summed E-state index contributed by atoms with van der Waals surface area (Å²) in [6.07, 6.45) is 0.929. The second-order valence-electron chi connectivity index (χ2n) is 4.47. The standard InChI is InChI=1S/C15H11Br2ClO/c16-13-4-2-1-3-11(13)14(17)12-8-10(18)7-9-5-6-19-15(9)12/h1-4,7-8,14H,5-6H2. The lowest BCUT2D eigenvalue weighted by molar-refractivity contribution is 0.354. The molecule has 2 aromatic rings. The van der Waals surface area contributed by atoms with Crippen molar-refractivity contribution in [2.75, 3.05) is 6.61 Å². The first kappa shape index (κ1) is 13.5. The second-order valence-corrected chi connectivity index (χ2v) is 6.67. The quantitative estimate of drug-likeness (QED) is 0.601. The summed E-state index contributed by atoms with van der Waals surface area (Å²) in [6.45, 7) is 0.734. The van der Waals surface area contributed by atoms with E-state index < -0.39 is 0 Å². The van der Waals surface area contributed by atoms with Crippen molar-refractivity contribution in [1.82, 2.24) is 0 Å². The van der Waals surface area contributed by atoms with Crippen molar-refractivity contribution >= 4 is 43.5 Å². The zero-order valence-electron chi connectivity index (χ0n) is 10.00. The number of hydrogen-bond donors (Lipinski definition) is 0. The molecule has 0 amide bonds. The lowest BCUT2D eigenvalue weighted by atomic mass is 10.0. The Balaban J connectivity index is 2.10. The summed E-state index contributed by atoms with van der Waals surface area (Å²) in [7, 11) is 0. The largest absolute Gasteiger partial charge is 0.493 e. The summed E-state index contributed by atoms with van der Waals surface area (Å²) in [4.78, 5) is 0.0635. The van der Waals surface area contributed by atoms with Crippen LogP contribution in [0.4, 0.5) is 0 Å². The van der Waals surface area contributed by atoms with E-state index >= 15 is 0 Å². The molecule has 1 atom stereocenters. The summed E-state index contributed by atoms with van der Waals surface area (Å²) in [5.74, 6) is 0.974. The summed E-state index contributed by atoms with van der Waals surface area (Å²) < 4.78 is 6.84. The van der Waals surface area contributed by atoms with Gasteiger partial charge in [-0.25, -0.2) is 0 Å². The van der Waals surface area contributed by atoms with Gasteiger partial charge in [0.25, 0.3) is 0 Å². The molecule has 3 rings (SSSR count). The molecule has 1 aliphatic rings. The fourth-order valence-corrected chi connectivity index (χ4v) is 4.14. The van der Waals surface area contributed by atoms with Crippen LogP contribution in [0.1, 0.15) is 21.5 Å². The highest BCUT2D eigenvalue weighted by Crippen LogP contribution is 2.44. The van der Waals surface area contributed by atoms with Crippen LogP contribution in [0.25, 0.3) is 0 Å². The van der Waals surface area contributed by atoms with E-state index in [1.165, 1.54) is 11.1 Å². The Labute approximate surface area is 134 Å². The maximum atomic E-state index is 6.21. The van der Waals surface area contributed by atoms with Gasteiger partial charge in [-0.1, -0.05) is 61.7 Å². The highest BCUT2D eigenvalue weighted by atomic mass is 79.9. The molecule has 0 saturated carbocycles. The number of alkyl halides is 1. The number of fused-ring (bicyclic) bond motifs is 1. The van der Waals surface area contributed by atoms with Crippen molar-refractivity contribution in [3.05, 3.63) is 62.6 Å². The smallest absolute Gasteiger partial charge is 0.127 e. The van der Waals surface area contributed by atoms with Crippen LogP contribution in [0.15, 0.2) is 40.9 Å². The molecule has 19 heavy (non-hydrogen) atoms. The number of halogens is 3. The molecule has 98 valence electrons. The van der Waals surface area contributed by atoms with E-state index in [1.54, 1.807) is 0 Å². The van der Waals surface area contributed by atoms with Crippen LogP contribution < -0.4 is 4.74 Å². The van der Waals surface area contributed by atoms with Gasteiger partial charge in [0.05, 0.1) is 11.4 Å². The Morgan fingerprint density at radius 3 is 2.74 bits per heavy atom. The molecule has 1 heterocycles. The molecule has 0 radical (unpaired) electrons. The van der Waals surface area contributed by atoms with Gasteiger partial charge in [-0.15, -0.1) is 0 Å². The number of rotatable bonds is 2. The molecule has 4 heteroatoms. The van der Waals surface area contributed by atoms with Crippen molar-refractivity contribution in [3.8, 4) is 5.75 Å². The number of benzene rings is 2. The van der Waals surface area contributed by atoms with Gasteiger partial charge in [0.15, 0.2) is 0 Å². The van der Waals surface area contributed by atoms with Crippen molar-refractivity contribution in [2.24, 2.45) is 0 Å². The van der Waals surface area contributed by atoms with Gasteiger partial charge < -0.3 is 4.74 Å². The Kier molecular flexibility index (Phi) is 3.88. The average molecular weight is 403 g/mol. The van der Waals surface area contributed by atoms with E-state index in [0.717, 1.165) is 33.8 Å². The molecule has 1 nitrogen and oxygen atoms in total. The predicted octanol–water partition coefficient (Wildman–Crippen LogP) is 5.52. The van der Waals surface area contributed by atoms with E-state index in [0.29, 0.717) is 0 Å². The molecule has 0 spiro atoms. The summed E-state index contributed by atoms with van der Waals surface area (Å²) in [5, 5.41) is 0.760. The average Bonchev–Trinajstić information content (AvgIpc) is 2.85. The van der Waals surface area contributed by atoms with Crippen molar-refractivity contribution < 1.29 is 4.74 Å². The fourth-order valence-electron chi connectivity index (χ4n) is 2.33. The van der Waals surface area contributed by atoms with Gasteiger partial charge in [0.1, 0.15) is 5.75 Å². The minimum Gasteiger partial charge on any atom is -0.493 e. The first-order valence-corrected chi connectivity index (χ1v) is 8.09. The van der Waals surface area contributed by atoms with Crippen LogP contribution in [0, 0.1) is 0 Å². The summed E-state index contributed by atoms with van der Waals surface area (Å²) in [5.41, 5.74) is 3.45. The molecular formula is C15H11Br2ClO. The SMILES string of the molecule is Clc1cc2c(c(C(Br)c3ccccc3Br)c1)OCC2. The Morgan fingerprint density at radius 1 is 1.16 bits per heavy atom. The Hall–Kier alpha value is -0.510. The van der Waals surface area contributed by atoms with Crippen molar-refractivity contribution in [1.29, 1.82) is 0 Å². The molecule has 1 aliphatic heterocycles. The first-order valence-electron chi connectivity index (χ1n) is 6.00. The molecule has 1 unspecified atom stereocenters. The molecule has 2 aromatic carbocycles. The summed E-state index contributed by atoms with van der Waals surface area (Å²) in [6, 6.07) is 12.1. The van der Waals surface area contributed by atoms with Gasteiger partial charge in [-0.3, -0.25) is 0 Å². The third kappa shape index (κ3) is 2.56.